The van der Waals surface area contributed by atoms with Crippen LogP contribution in [0.1, 0.15) is 61.3 Å². The molecule has 0 aromatic carbocycles. The molecule has 0 fully saturated rings. The maximum Gasteiger partial charge on any atom is 0.0559 e. The molecule has 0 aromatic heterocycles. The molecule has 1 N–H and O–H groups in total. The lowest BCUT2D eigenvalue weighted by Gasteiger charge is -2.22. The van der Waals surface area contributed by atoms with Gasteiger partial charge in [-0.2, -0.15) is 0 Å². The number of hydrogen-bond donors (Lipinski definition) is 1. The van der Waals surface area contributed by atoms with Gasteiger partial charge in [0.1, 0.15) is 0 Å². The van der Waals surface area contributed by atoms with Crippen LogP contribution in [0.15, 0.2) is 18.0 Å². The molecule has 1 nitrogen and oxygen atoms in total. The Bertz CT molecular complexity index is 197. The molecular formula is C15H31N. The Labute approximate surface area is 103 Å². The van der Waals surface area contributed by atoms with E-state index in [1.165, 1.54) is 6.42 Å². The highest BCUT2D eigenvalue weighted by Gasteiger charge is 2.11. The van der Waals surface area contributed by atoms with Gasteiger partial charge >= 0.3 is 0 Å². The molecular weight excluding hydrogens is 194 g/mol. The van der Waals surface area contributed by atoms with Gasteiger partial charge in [-0.15, -0.1) is 5.73 Å². The van der Waals surface area contributed by atoms with Crippen molar-refractivity contribution in [3.05, 3.63) is 18.0 Å². The summed E-state index contributed by atoms with van der Waals surface area (Å²) in [5.41, 5.74) is 4.15. The molecule has 0 saturated carbocycles. The van der Waals surface area contributed by atoms with Gasteiger partial charge in [-0.05, 0) is 18.8 Å². The van der Waals surface area contributed by atoms with E-state index in [9.17, 15) is 0 Å². The molecule has 1 unspecified atom stereocenters. The van der Waals surface area contributed by atoms with Crippen LogP contribution in [0.2, 0.25) is 0 Å². The van der Waals surface area contributed by atoms with Gasteiger partial charge in [0, 0.05) is 12.0 Å². The molecule has 0 spiro atoms. The fourth-order valence-corrected chi connectivity index (χ4v) is 1.54. The summed E-state index contributed by atoms with van der Waals surface area (Å²) in [5, 5.41) is 3.53. The highest BCUT2D eigenvalue weighted by atomic mass is 14.9. The van der Waals surface area contributed by atoms with E-state index in [2.05, 4.69) is 52.2 Å². The van der Waals surface area contributed by atoms with Crippen LogP contribution >= 0.6 is 0 Å². The third-order valence-electron chi connectivity index (χ3n) is 2.38. The van der Waals surface area contributed by atoms with Crippen LogP contribution in [0, 0.1) is 11.8 Å². The number of nitrogens with one attached hydrogen (secondary N) is 1. The van der Waals surface area contributed by atoms with Crippen LogP contribution < -0.4 is 5.32 Å². The van der Waals surface area contributed by atoms with Crippen molar-refractivity contribution in [1.82, 2.24) is 5.32 Å². The van der Waals surface area contributed by atoms with E-state index >= 15 is 0 Å². The van der Waals surface area contributed by atoms with Crippen LogP contribution in [0.3, 0.4) is 0 Å². The van der Waals surface area contributed by atoms with E-state index in [-0.39, 0.29) is 0 Å². The zero-order chi connectivity index (χ0) is 13.1. The van der Waals surface area contributed by atoms with Crippen LogP contribution in [-0.4, -0.2) is 6.04 Å². The summed E-state index contributed by atoms with van der Waals surface area (Å²) < 4.78 is 0. The second-order valence-corrected chi connectivity index (χ2v) is 4.62. The van der Waals surface area contributed by atoms with Crippen molar-refractivity contribution in [1.29, 1.82) is 0 Å². The molecule has 0 rings (SSSR count). The summed E-state index contributed by atoms with van der Waals surface area (Å²) in [6, 6.07) is 0.571. The Hall–Kier alpha value is -0.680. The summed E-state index contributed by atoms with van der Waals surface area (Å²) >= 11 is 0. The predicted octanol–water partition coefficient (Wildman–Crippen LogP) is 4.75. The van der Waals surface area contributed by atoms with Gasteiger partial charge in [0.2, 0.25) is 0 Å². The molecule has 0 saturated heterocycles. The van der Waals surface area contributed by atoms with Crippen molar-refractivity contribution in [2.24, 2.45) is 11.8 Å². The Morgan fingerprint density at radius 1 is 1.19 bits per heavy atom. The quantitative estimate of drug-likeness (QED) is 0.643. The lowest BCUT2D eigenvalue weighted by Crippen LogP contribution is -2.30. The zero-order valence-electron chi connectivity index (χ0n) is 12.4. The van der Waals surface area contributed by atoms with Crippen molar-refractivity contribution in [2.75, 3.05) is 0 Å². The highest BCUT2D eigenvalue weighted by Crippen LogP contribution is 2.12. The van der Waals surface area contributed by atoms with Crippen molar-refractivity contribution in [3.8, 4) is 0 Å². The van der Waals surface area contributed by atoms with Gasteiger partial charge in [0.15, 0.2) is 0 Å². The van der Waals surface area contributed by atoms with E-state index in [0.717, 1.165) is 18.0 Å². The molecule has 0 amide bonds. The summed E-state index contributed by atoms with van der Waals surface area (Å²) in [4.78, 5) is 0. The smallest absolute Gasteiger partial charge is 0.0559 e. The van der Waals surface area contributed by atoms with Gasteiger partial charge in [0.25, 0.3) is 0 Å². The predicted molar refractivity (Wildman–Crippen MR) is 75.5 cm³/mol. The maximum absolute atomic E-state index is 3.72. The molecule has 16 heavy (non-hydrogen) atoms. The molecule has 0 aromatic rings. The van der Waals surface area contributed by atoms with Gasteiger partial charge < -0.3 is 5.32 Å². The van der Waals surface area contributed by atoms with E-state index in [1.54, 1.807) is 0 Å². The zero-order valence-corrected chi connectivity index (χ0v) is 12.4. The minimum atomic E-state index is 0.494. The standard InChI is InChI=1S/C13H25N.C2H6/c1-7-12(9-10(3)4)14-13(8-2)11(5)6;1-2/h10-12,14H,2,7,9H2,1,3-6H3;1-2H3. The number of allylic oxidation sites excluding steroid dienone is 1. The lowest BCUT2D eigenvalue weighted by atomic mass is 10.0. The van der Waals surface area contributed by atoms with Crippen molar-refractivity contribution in [3.63, 3.8) is 0 Å². The topological polar surface area (TPSA) is 12.0 Å². The molecule has 0 radical (unpaired) electrons. The Kier molecular flexibility index (Phi) is 12.0. The highest BCUT2D eigenvalue weighted by molar-refractivity contribution is 5.01. The molecule has 0 aliphatic rings. The van der Waals surface area contributed by atoms with Crippen molar-refractivity contribution < 1.29 is 0 Å². The SMILES string of the molecule is C=C=C(NC(CC)CC(C)C)C(C)C.CC. The first kappa shape index (κ1) is 17.7. The first-order valence-electron chi connectivity index (χ1n) is 6.67. The molecule has 0 aliphatic heterocycles. The summed E-state index contributed by atoms with van der Waals surface area (Å²) in [5.74, 6) is 1.24. The molecule has 1 atom stereocenters. The third-order valence-corrected chi connectivity index (χ3v) is 2.38. The first-order chi connectivity index (χ1) is 7.51. The molecule has 96 valence electrons. The lowest BCUT2D eigenvalue weighted by molar-refractivity contribution is 0.422. The maximum atomic E-state index is 3.72. The fourth-order valence-electron chi connectivity index (χ4n) is 1.54. The van der Waals surface area contributed by atoms with Crippen LogP contribution in [0.25, 0.3) is 0 Å². The van der Waals surface area contributed by atoms with Crippen molar-refractivity contribution >= 4 is 0 Å². The van der Waals surface area contributed by atoms with Crippen LogP contribution in [0.5, 0.6) is 0 Å². The van der Waals surface area contributed by atoms with E-state index < -0.39 is 0 Å². The minimum Gasteiger partial charge on any atom is -0.379 e. The molecule has 0 heterocycles. The molecule has 0 bridgehead atoms. The normalized spacial score (nSPS) is 11.6. The molecule has 1 heteroatoms. The fraction of sp³-hybridized carbons (Fsp3) is 0.800. The van der Waals surface area contributed by atoms with Crippen molar-refractivity contribution in [2.45, 2.75) is 67.3 Å². The first-order valence-corrected chi connectivity index (χ1v) is 6.67. The number of rotatable bonds is 6. The van der Waals surface area contributed by atoms with E-state index in [1.807, 2.05) is 13.8 Å². The Balaban J connectivity index is 0. The van der Waals surface area contributed by atoms with E-state index in [4.69, 9.17) is 0 Å². The van der Waals surface area contributed by atoms with Crippen LogP contribution in [0.4, 0.5) is 0 Å². The van der Waals surface area contributed by atoms with Gasteiger partial charge in [-0.25, -0.2) is 0 Å². The Morgan fingerprint density at radius 2 is 1.69 bits per heavy atom. The van der Waals surface area contributed by atoms with Gasteiger partial charge in [-0.3, -0.25) is 0 Å². The third kappa shape index (κ3) is 8.61. The Morgan fingerprint density at radius 3 is 1.94 bits per heavy atom. The minimum absolute atomic E-state index is 0.494. The summed E-state index contributed by atoms with van der Waals surface area (Å²) in [6.07, 6.45) is 2.38. The van der Waals surface area contributed by atoms with Gasteiger partial charge in [-0.1, -0.05) is 55.0 Å². The summed E-state index contributed by atoms with van der Waals surface area (Å²) in [6.45, 7) is 18.8. The summed E-state index contributed by atoms with van der Waals surface area (Å²) in [7, 11) is 0. The average molecular weight is 225 g/mol. The van der Waals surface area contributed by atoms with E-state index in [0.29, 0.717) is 12.0 Å². The second-order valence-electron chi connectivity index (χ2n) is 4.62. The second kappa shape index (κ2) is 10.8. The monoisotopic (exact) mass is 225 g/mol. The van der Waals surface area contributed by atoms with Crippen LogP contribution in [-0.2, 0) is 0 Å². The average Bonchev–Trinajstić information content (AvgIpc) is 2.25. The van der Waals surface area contributed by atoms with Gasteiger partial charge in [0.05, 0.1) is 5.70 Å². The number of hydrogen-bond acceptors (Lipinski definition) is 1. The molecule has 0 aliphatic carbocycles. The largest absolute Gasteiger partial charge is 0.379 e.